The van der Waals surface area contributed by atoms with Crippen molar-refractivity contribution < 1.29 is 76.7 Å². The molecule has 0 bridgehead atoms. The van der Waals surface area contributed by atoms with Crippen LogP contribution in [-0.2, 0) is 54.8 Å². The molecule has 9 nitrogen and oxygen atoms in total. The van der Waals surface area contributed by atoms with Crippen LogP contribution in [0, 0.1) is 10.1 Å². The Morgan fingerprint density at radius 2 is 0.971 bits per heavy atom. The first-order chi connectivity index (χ1) is 32.0. The lowest BCUT2D eigenvalue weighted by molar-refractivity contribution is -0.431. The van der Waals surface area contributed by atoms with Crippen LogP contribution >= 0.6 is 0 Å². The van der Waals surface area contributed by atoms with Crippen molar-refractivity contribution in [1.82, 2.24) is 9.80 Å². The largest absolute Gasteiger partial charge is 0.416 e. The fourth-order valence-corrected chi connectivity index (χ4v) is 8.15. The number of nitrogens with zero attached hydrogens (tertiary/aromatic N) is 3. The normalized spacial score (nSPS) is 19.8. The number of amides is 2. The molecule has 0 saturated carbocycles. The van der Waals surface area contributed by atoms with Crippen molar-refractivity contribution in [3.63, 3.8) is 0 Å². The van der Waals surface area contributed by atoms with Crippen LogP contribution in [0.25, 0.3) is 0 Å². The Labute approximate surface area is 388 Å². The monoisotopic (exact) mass is 987 g/mol. The topological polar surface area (TPSA) is 102 Å². The first-order valence-corrected chi connectivity index (χ1v) is 21.0. The Kier molecular flexibility index (Phi) is 16.2. The van der Waals surface area contributed by atoms with E-state index in [4.69, 9.17) is 9.47 Å². The fraction of sp³-hybridized carbons (Fsp3) is 0.375. The lowest BCUT2D eigenvalue weighted by Gasteiger charge is -2.44. The molecule has 372 valence electrons. The highest BCUT2D eigenvalue weighted by molar-refractivity contribution is 5.76. The van der Waals surface area contributed by atoms with E-state index in [-0.39, 0.29) is 60.9 Å². The van der Waals surface area contributed by atoms with E-state index in [9.17, 15) is 72.4 Å². The third-order valence-corrected chi connectivity index (χ3v) is 11.8. The number of halogens is 12. The molecule has 0 saturated heterocycles. The second-order valence-corrected chi connectivity index (χ2v) is 16.5. The molecule has 0 aliphatic carbocycles. The zero-order valence-electron chi connectivity index (χ0n) is 37.2. The minimum atomic E-state index is -5.01. The van der Waals surface area contributed by atoms with E-state index in [1.807, 2.05) is 18.2 Å². The van der Waals surface area contributed by atoms with Crippen molar-refractivity contribution in [2.45, 2.75) is 101 Å². The summed E-state index contributed by atoms with van der Waals surface area (Å²) < 4.78 is 171. The summed E-state index contributed by atoms with van der Waals surface area (Å²) in [6.07, 6.45) is -16.6. The summed E-state index contributed by atoms with van der Waals surface area (Å²) in [4.78, 5) is 38.3. The van der Waals surface area contributed by atoms with Crippen LogP contribution in [0.4, 0.5) is 52.7 Å². The molecule has 69 heavy (non-hydrogen) atoms. The molecule has 0 unspecified atom stereocenters. The Bertz CT molecular complexity index is 2460. The quantitative estimate of drug-likeness (QED) is 0.0843. The zero-order valence-corrected chi connectivity index (χ0v) is 37.2. The van der Waals surface area contributed by atoms with E-state index in [0.29, 0.717) is 42.7 Å². The molecule has 6 rings (SSSR count). The predicted octanol–water partition coefficient (Wildman–Crippen LogP) is 13.3. The van der Waals surface area contributed by atoms with Crippen LogP contribution in [0.5, 0.6) is 0 Å². The molecule has 0 radical (unpaired) electrons. The molecule has 2 aliphatic rings. The SMILES string of the molecule is CC(=O)N1C=C([N+](=O)[O-])CC[C@@]1(CO[C@H](C)c1cc(C(F)(F)F)cc(C(F)(F)F)c1)c1ccccc1.CC(=O)N1C=CCC[C@@]1(CO[C@H](C)c1cc(C(F)(F)F)cc(C(F)(F)F)c1)c1ccccc1. The van der Waals surface area contributed by atoms with Gasteiger partial charge in [0.1, 0.15) is 0 Å². The van der Waals surface area contributed by atoms with Gasteiger partial charge in [-0.1, -0.05) is 66.7 Å². The van der Waals surface area contributed by atoms with Crippen LogP contribution in [0.15, 0.2) is 121 Å². The Balaban J connectivity index is 0.000000258. The van der Waals surface area contributed by atoms with Gasteiger partial charge in [0, 0.05) is 26.5 Å². The minimum Gasteiger partial charge on any atom is -0.371 e. The van der Waals surface area contributed by atoms with E-state index in [2.05, 4.69) is 0 Å². The molecule has 0 fully saturated rings. The van der Waals surface area contributed by atoms with Gasteiger partial charge in [0.15, 0.2) is 0 Å². The summed E-state index contributed by atoms with van der Waals surface area (Å²) >= 11 is 0. The van der Waals surface area contributed by atoms with Gasteiger partial charge in [-0.15, -0.1) is 0 Å². The number of hydrogen-bond acceptors (Lipinski definition) is 6. The summed E-state index contributed by atoms with van der Waals surface area (Å²) in [5.41, 5.74) is -7.45. The number of hydrogen-bond donors (Lipinski definition) is 0. The van der Waals surface area contributed by atoms with Gasteiger partial charge < -0.3 is 19.3 Å². The molecule has 2 heterocycles. The summed E-state index contributed by atoms with van der Waals surface area (Å²) in [7, 11) is 0. The van der Waals surface area contributed by atoms with Gasteiger partial charge in [0.25, 0.3) is 5.70 Å². The fourth-order valence-electron chi connectivity index (χ4n) is 8.15. The summed E-state index contributed by atoms with van der Waals surface area (Å²) in [6, 6.07) is 20.0. The number of rotatable bonds is 11. The van der Waals surface area contributed by atoms with Crippen molar-refractivity contribution >= 4 is 11.8 Å². The number of allylic oxidation sites excluding steroid dienone is 2. The standard InChI is InChI=1S/C24H22F6N2O4.C24H23F6NO2/c1-15(17-10-19(23(25,26)27)12-20(11-17)24(28,29)30)36-14-22(18-6-4-3-5-7-18)9-8-21(32(34)35)13-31(22)16(2)33;1-16(18-12-20(23(25,26)27)14-21(13-18)24(28,29)30)33-15-22(19-8-4-3-5-9-19)10-6-7-11-31(22)17(2)32/h3-7,10-13,15H,8-9,14H2,1-2H3;3-5,7-9,11-14,16H,6,10,15H2,1-2H3/t15-,22-;16-,22-/m11/s1. The average molecular weight is 988 g/mol. The summed E-state index contributed by atoms with van der Waals surface area (Å²) in [5.74, 6) is -0.808. The van der Waals surface area contributed by atoms with Gasteiger partial charge in [0.05, 0.1) is 69.9 Å². The van der Waals surface area contributed by atoms with Gasteiger partial charge >= 0.3 is 24.7 Å². The summed E-state index contributed by atoms with van der Waals surface area (Å²) in [5, 5.41) is 11.3. The third-order valence-electron chi connectivity index (χ3n) is 11.8. The number of ether oxygens (including phenoxy) is 2. The smallest absolute Gasteiger partial charge is 0.371 e. The molecular formula is C48H45F12N3O6. The first kappa shape index (κ1) is 53.7. The number of alkyl halides is 12. The first-order valence-electron chi connectivity index (χ1n) is 21.0. The molecule has 0 N–H and O–H groups in total. The van der Waals surface area contributed by atoms with E-state index in [1.54, 1.807) is 54.7 Å². The second kappa shape index (κ2) is 20.8. The average Bonchev–Trinajstić information content (AvgIpc) is 3.29. The van der Waals surface area contributed by atoms with Crippen molar-refractivity contribution in [2.75, 3.05) is 13.2 Å². The van der Waals surface area contributed by atoms with E-state index >= 15 is 0 Å². The maximum absolute atomic E-state index is 13.3. The van der Waals surface area contributed by atoms with Crippen LogP contribution in [-0.4, -0.2) is 39.8 Å². The molecule has 21 heteroatoms. The van der Waals surface area contributed by atoms with E-state index in [0.717, 1.165) is 16.7 Å². The Hall–Kier alpha value is -6.22. The highest BCUT2D eigenvalue weighted by Crippen LogP contribution is 2.44. The lowest BCUT2D eigenvalue weighted by atomic mass is 9.81. The number of carbonyl (C=O) groups is 2. The molecular weight excluding hydrogens is 943 g/mol. The number of nitro groups is 1. The van der Waals surface area contributed by atoms with Gasteiger partial charge in [0.2, 0.25) is 11.8 Å². The lowest BCUT2D eigenvalue weighted by Crippen LogP contribution is -2.51. The maximum Gasteiger partial charge on any atom is 0.416 e. The highest BCUT2D eigenvalue weighted by Gasteiger charge is 2.46. The highest BCUT2D eigenvalue weighted by atomic mass is 19.4. The van der Waals surface area contributed by atoms with Gasteiger partial charge in [-0.2, -0.15) is 52.7 Å². The number of carbonyl (C=O) groups excluding carboxylic acids is 2. The molecule has 2 aliphatic heterocycles. The zero-order chi connectivity index (χ0) is 51.3. The van der Waals surface area contributed by atoms with Crippen LogP contribution in [0.3, 0.4) is 0 Å². The second-order valence-electron chi connectivity index (χ2n) is 16.5. The van der Waals surface area contributed by atoms with Crippen molar-refractivity contribution in [1.29, 1.82) is 0 Å². The van der Waals surface area contributed by atoms with Gasteiger partial charge in [-0.3, -0.25) is 19.7 Å². The van der Waals surface area contributed by atoms with E-state index in [1.165, 1.54) is 32.6 Å². The maximum atomic E-state index is 13.3. The van der Waals surface area contributed by atoms with Crippen LogP contribution < -0.4 is 0 Å². The minimum absolute atomic E-state index is 0.0320. The van der Waals surface area contributed by atoms with E-state index < -0.39 is 81.1 Å². The molecule has 0 spiro atoms. The molecule has 4 aromatic rings. The van der Waals surface area contributed by atoms with Crippen LogP contribution in [0.2, 0.25) is 0 Å². The van der Waals surface area contributed by atoms with Crippen molar-refractivity contribution in [3.8, 4) is 0 Å². The molecule has 4 aromatic carbocycles. The van der Waals surface area contributed by atoms with Crippen molar-refractivity contribution in [2.24, 2.45) is 0 Å². The van der Waals surface area contributed by atoms with Gasteiger partial charge in [-0.05, 0) is 91.8 Å². The molecule has 0 aromatic heterocycles. The predicted molar refractivity (Wildman–Crippen MR) is 226 cm³/mol. The van der Waals surface area contributed by atoms with Crippen LogP contribution in [0.1, 0.15) is 110 Å². The Morgan fingerprint density at radius 1 is 0.609 bits per heavy atom. The molecule has 4 atom stereocenters. The molecule has 2 amide bonds. The third kappa shape index (κ3) is 12.7. The number of benzene rings is 4. The summed E-state index contributed by atoms with van der Waals surface area (Å²) in [6.45, 7) is 4.83. The van der Waals surface area contributed by atoms with Gasteiger partial charge in [-0.25, -0.2) is 0 Å². The Morgan fingerprint density at radius 3 is 1.30 bits per heavy atom. The van der Waals surface area contributed by atoms with Crippen molar-refractivity contribution in [3.05, 3.63) is 176 Å².